The van der Waals surface area contributed by atoms with Crippen LogP contribution in [0.25, 0.3) is 0 Å². The summed E-state index contributed by atoms with van der Waals surface area (Å²) in [6.07, 6.45) is 1.06. The third-order valence-electron chi connectivity index (χ3n) is 6.37. The Balaban J connectivity index is 1.54. The van der Waals surface area contributed by atoms with E-state index in [1.54, 1.807) is 19.2 Å². The largest absolute Gasteiger partial charge is 0.497 e. The number of hydrogen-bond acceptors (Lipinski definition) is 3. The van der Waals surface area contributed by atoms with Crippen molar-refractivity contribution in [1.82, 2.24) is 5.32 Å². The minimum absolute atomic E-state index is 0.0561. The first-order valence-corrected chi connectivity index (χ1v) is 11.2. The van der Waals surface area contributed by atoms with Gasteiger partial charge in [0.2, 0.25) is 0 Å². The van der Waals surface area contributed by atoms with E-state index >= 15 is 0 Å². The van der Waals surface area contributed by atoms with Gasteiger partial charge in [-0.1, -0.05) is 36.4 Å². The van der Waals surface area contributed by atoms with Gasteiger partial charge in [0.05, 0.1) is 20.2 Å². The number of carbonyl (C=O) groups is 1. The van der Waals surface area contributed by atoms with E-state index in [1.807, 2.05) is 26.2 Å². The number of rotatable bonds is 7. The number of ether oxygens (including phenoxy) is 1. The van der Waals surface area contributed by atoms with Gasteiger partial charge in [-0.05, 0) is 42.0 Å². The molecular weight excluding hydrogens is 398 g/mol. The van der Waals surface area contributed by atoms with Crippen LogP contribution in [-0.4, -0.2) is 40.2 Å². The van der Waals surface area contributed by atoms with Crippen LogP contribution in [0.1, 0.15) is 33.1 Å². The Morgan fingerprint density at radius 1 is 1.00 bits per heavy atom. The maximum Gasteiger partial charge on any atom is 0.251 e. The predicted molar refractivity (Wildman–Crippen MR) is 129 cm³/mol. The predicted octanol–water partition coefficient (Wildman–Crippen LogP) is 2.87. The lowest BCUT2D eigenvalue weighted by atomic mass is 9.96. The number of nitrogens with one attached hydrogen (secondary N) is 2. The third kappa shape index (κ3) is 4.94. The van der Waals surface area contributed by atoms with Crippen LogP contribution in [0.5, 0.6) is 5.75 Å². The van der Waals surface area contributed by atoms with Gasteiger partial charge in [0.25, 0.3) is 5.91 Å². The summed E-state index contributed by atoms with van der Waals surface area (Å²) >= 11 is 0. The van der Waals surface area contributed by atoms with Crippen molar-refractivity contribution in [3.8, 4) is 5.75 Å². The molecule has 2 N–H and O–H groups in total. The van der Waals surface area contributed by atoms with Gasteiger partial charge in [0, 0.05) is 42.9 Å². The van der Waals surface area contributed by atoms with E-state index in [0.717, 1.165) is 25.3 Å². The fourth-order valence-corrected chi connectivity index (χ4v) is 4.44. The van der Waals surface area contributed by atoms with Gasteiger partial charge in [0.15, 0.2) is 0 Å². The number of nitrogens with zero attached hydrogens (tertiary/aromatic N) is 1. The summed E-state index contributed by atoms with van der Waals surface area (Å²) in [7, 11) is 5.73. The van der Waals surface area contributed by atoms with E-state index in [-0.39, 0.29) is 11.9 Å². The SMILES string of the molecule is COc1ccc(C(=O)NC[C@@H](c2ccc(N(C)C)cc2)[NH+]2CCc3ccccc3C2)cc1. The van der Waals surface area contributed by atoms with Crippen LogP contribution >= 0.6 is 0 Å². The van der Waals surface area contributed by atoms with Crippen LogP contribution < -0.4 is 19.9 Å². The average Bonchev–Trinajstić information content (AvgIpc) is 2.84. The molecule has 1 unspecified atom stereocenters. The van der Waals surface area contributed by atoms with Crippen LogP contribution in [0.3, 0.4) is 0 Å². The Labute approximate surface area is 190 Å². The van der Waals surface area contributed by atoms with E-state index in [0.29, 0.717) is 12.1 Å². The maximum absolute atomic E-state index is 12.8. The Kier molecular flexibility index (Phi) is 6.76. The van der Waals surface area contributed by atoms with Gasteiger partial charge in [0.1, 0.15) is 18.3 Å². The van der Waals surface area contributed by atoms with Crippen molar-refractivity contribution in [2.24, 2.45) is 0 Å². The number of quaternary nitrogens is 1. The standard InChI is InChI=1S/C27H31N3O2/c1-29(2)24-12-8-21(9-13-24)26(30-17-16-20-6-4-5-7-23(20)19-30)18-28-27(31)22-10-14-25(32-3)15-11-22/h4-15,26H,16-19H2,1-3H3,(H,28,31)/p+1/t26-/m0/s1. The average molecular weight is 431 g/mol. The highest BCUT2D eigenvalue weighted by molar-refractivity contribution is 5.94. The molecule has 0 saturated heterocycles. The highest BCUT2D eigenvalue weighted by atomic mass is 16.5. The van der Waals surface area contributed by atoms with E-state index in [2.05, 4.69) is 58.7 Å². The number of anilines is 1. The van der Waals surface area contributed by atoms with Crippen LogP contribution in [0.4, 0.5) is 5.69 Å². The molecule has 3 aromatic carbocycles. The summed E-state index contributed by atoms with van der Waals surface area (Å²) < 4.78 is 5.20. The fraction of sp³-hybridized carbons (Fsp3) is 0.296. The van der Waals surface area contributed by atoms with Crippen LogP contribution in [-0.2, 0) is 13.0 Å². The molecule has 0 spiro atoms. The second kappa shape index (κ2) is 9.88. The Morgan fingerprint density at radius 2 is 1.69 bits per heavy atom. The lowest BCUT2D eigenvalue weighted by Crippen LogP contribution is -3.12. The third-order valence-corrected chi connectivity index (χ3v) is 6.37. The zero-order chi connectivity index (χ0) is 22.5. The van der Waals surface area contributed by atoms with Gasteiger partial charge in [-0.2, -0.15) is 0 Å². The molecular formula is C27H32N3O2+. The summed E-state index contributed by atoms with van der Waals surface area (Å²) in [6.45, 7) is 2.61. The molecule has 32 heavy (non-hydrogen) atoms. The molecule has 1 aliphatic heterocycles. The molecule has 1 heterocycles. The summed E-state index contributed by atoms with van der Waals surface area (Å²) in [5.41, 5.74) is 5.92. The summed E-state index contributed by atoms with van der Waals surface area (Å²) in [6, 6.07) is 24.9. The number of carbonyl (C=O) groups excluding carboxylic acids is 1. The van der Waals surface area contributed by atoms with Gasteiger partial charge in [-0.15, -0.1) is 0 Å². The molecule has 4 rings (SSSR count). The number of benzene rings is 3. The number of hydrogen-bond donors (Lipinski definition) is 2. The molecule has 0 saturated carbocycles. The van der Waals surface area contributed by atoms with Gasteiger partial charge < -0.3 is 19.9 Å². The van der Waals surface area contributed by atoms with Crippen molar-refractivity contribution in [2.75, 3.05) is 39.2 Å². The molecule has 0 aliphatic carbocycles. The van der Waals surface area contributed by atoms with Gasteiger partial charge >= 0.3 is 0 Å². The first-order valence-electron chi connectivity index (χ1n) is 11.2. The molecule has 3 aromatic rings. The van der Waals surface area contributed by atoms with E-state index < -0.39 is 0 Å². The Hall–Kier alpha value is -3.31. The number of methoxy groups -OCH3 is 1. The minimum Gasteiger partial charge on any atom is -0.497 e. The zero-order valence-electron chi connectivity index (χ0n) is 19.1. The second-order valence-corrected chi connectivity index (χ2v) is 8.58. The van der Waals surface area contributed by atoms with Gasteiger partial charge in [-0.3, -0.25) is 4.79 Å². The molecule has 1 amide bonds. The first kappa shape index (κ1) is 21.9. The summed E-state index contributed by atoms with van der Waals surface area (Å²) in [4.78, 5) is 16.4. The first-order chi connectivity index (χ1) is 15.5. The molecule has 1 aliphatic rings. The van der Waals surface area contributed by atoms with Crippen LogP contribution in [0.15, 0.2) is 72.8 Å². The fourth-order valence-electron chi connectivity index (χ4n) is 4.44. The normalized spacial score (nSPS) is 16.0. The molecule has 166 valence electrons. The summed E-state index contributed by atoms with van der Waals surface area (Å²) in [5.74, 6) is 0.691. The topological polar surface area (TPSA) is 46.0 Å². The lowest BCUT2D eigenvalue weighted by Gasteiger charge is -2.33. The Bertz CT molecular complexity index is 1050. The minimum atomic E-state index is -0.0561. The van der Waals surface area contributed by atoms with Crippen molar-refractivity contribution < 1.29 is 14.4 Å². The zero-order valence-corrected chi connectivity index (χ0v) is 19.1. The molecule has 5 nitrogen and oxygen atoms in total. The highest BCUT2D eigenvalue weighted by Gasteiger charge is 2.29. The van der Waals surface area contributed by atoms with Crippen molar-refractivity contribution >= 4 is 11.6 Å². The summed E-state index contributed by atoms with van der Waals surface area (Å²) in [5, 5.41) is 3.18. The number of fused-ring (bicyclic) bond motifs is 1. The monoisotopic (exact) mass is 430 g/mol. The van der Waals surface area contributed by atoms with Gasteiger partial charge in [-0.25, -0.2) is 0 Å². The molecule has 0 aromatic heterocycles. The quantitative estimate of drug-likeness (QED) is 0.606. The molecule has 5 heteroatoms. The second-order valence-electron chi connectivity index (χ2n) is 8.58. The molecule has 0 bridgehead atoms. The van der Waals surface area contributed by atoms with Crippen LogP contribution in [0.2, 0.25) is 0 Å². The molecule has 0 radical (unpaired) electrons. The van der Waals surface area contributed by atoms with E-state index in [9.17, 15) is 4.79 Å². The highest BCUT2D eigenvalue weighted by Crippen LogP contribution is 2.19. The lowest BCUT2D eigenvalue weighted by molar-refractivity contribution is -0.945. The molecule has 2 atom stereocenters. The van der Waals surface area contributed by atoms with Crippen molar-refractivity contribution in [3.05, 3.63) is 95.1 Å². The molecule has 0 fully saturated rings. The maximum atomic E-state index is 12.8. The van der Waals surface area contributed by atoms with E-state index in [4.69, 9.17) is 4.74 Å². The van der Waals surface area contributed by atoms with Crippen molar-refractivity contribution in [2.45, 2.75) is 19.0 Å². The van der Waals surface area contributed by atoms with E-state index in [1.165, 1.54) is 27.3 Å². The Morgan fingerprint density at radius 3 is 2.34 bits per heavy atom. The smallest absolute Gasteiger partial charge is 0.251 e. The van der Waals surface area contributed by atoms with Crippen molar-refractivity contribution in [1.29, 1.82) is 0 Å². The number of amides is 1. The van der Waals surface area contributed by atoms with Crippen molar-refractivity contribution in [3.63, 3.8) is 0 Å². The van der Waals surface area contributed by atoms with Crippen LogP contribution in [0, 0.1) is 0 Å².